The molecule has 1 amide bonds. The van der Waals surface area contributed by atoms with Crippen LogP contribution in [0.3, 0.4) is 0 Å². The third-order valence-electron chi connectivity index (χ3n) is 7.00. The van der Waals surface area contributed by atoms with Crippen LogP contribution in [0.5, 0.6) is 0 Å². The first-order chi connectivity index (χ1) is 14.5. The molecule has 5 heterocycles. The van der Waals surface area contributed by atoms with E-state index in [1.807, 2.05) is 18.5 Å². The molecule has 2 aliphatic heterocycles. The number of rotatable bonds is 3. The summed E-state index contributed by atoms with van der Waals surface area (Å²) in [7, 11) is 2.18. The number of aromatic nitrogens is 4. The molecule has 3 aromatic rings. The van der Waals surface area contributed by atoms with Crippen molar-refractivity contribution in [2.75, 3.05) is 31.6 Å². The molecule has 0 radical (unpaired) electrons. The highest BCUT2D eigenvalue weighted by Crippen LogP contribution is 2.53. The van der Waals surface area contributed by atoms with Gasteiger partial charge in [0.2, 0.25) is 5.91 Å². The predicted molar refractivity (Wildman–Crippen MR) is 111 cm³/mol. The Balaban J connectivity index is 1.27. The van der Waals surface area contributed by atoms with Gasteiger partial charge in [-0.3, -0.25) is 9.48 Å². The Morgan fingerprint density at radius 2 is 2.03 bits per heavy atom. The van der Waals surface area contributed by atoms with Gasteiger partial charge in [-0.1, -0.05) is 0 Å². The van der Waals surface area contributed by atoms with Crippen LogP contribution in [0.2, 0.25) is 0 Å². The Labute approximate surface area is 174 Å². The lowest BCUT2D eigenvalue weighted by Gasteiger charge is -2.58. The van der Waals surface area contributed by atoms with Crippen LogP contribution < -0.4 is 4.90 Å². The van der Waals surface area contributed by atoms with Gasteiger partial charge >= 0.3 is 0 Å². The number of carbonyl (C=O) groups excluding carboxylic acids is 1. The summed E-state index contributed by atoms with van der Waals surface area (Å²) < 4.78 is 3.91. The standard InChI is InChI=1S/C22H23N7O/c1-26-13-22(14-26)7-18(8-22)28-12-17(10-25-28)16-6-20-19(2-4-24-29(20)11-16)27-5-3-15(9-23)21(27)30/h2,4,6,10-12,15,18H,3,5,7-8,13-14H2,1H3. The summed E-state index contributed by atoms with van der Waals surface area (Å²) >= 11 is 0. The van der Waals surface area contributed by atoms with E-state index in [2.05, 4.69) is 45.2 Å². The second-order valence-electron chi connectivity index (χ2n) is 9.18. The smallest absolute Gasteiger partial charge is 0.244 e. The van der Waals surface area contributed by atoms with Gasteiger partial charge in [0.05, 0.1) is 29.5 Å². The van der Waals surface area contributed by atoms with Crippen LogP contribution in [-0.4, -0.2) is 56.9 Å². The monoisotopic (exact) mass is 401 g/mol. The van der Waals surface area contributed by atoms with Gasteiger partial charge in [-0.2, -0.15) is 15.5 Å². The first-order valence-electron chi connectivity index (χ1n) is 10.5. The zero-order valence-electron chi connectivity index (χ0n) is 16.9. The molecule has 1 spiro atoms. The fraction of sp³-hybridized carbons (Fsp3) is 0.455. The maximum Gasteiger partial charge on any atom is 0.244 e. The molecule has 1 atom stereocenters. The van der Waals surface area contributed by atoms with Crippen LogP contribution in [-0.2, 0) is 4.79 Å². The van der Waals surface area contributed by atoms with Crippen LogP contribution in [0, 0.1) is 22.7 Å². The Hall–Kier alpha value is -3.18. The summed E-state index contributed by atoms with van der Waals surface area (Å²) in [5.74, 6) is -0.672. The van der Waals surface area contributed by atoms with Crippen molar-refractivity contribution < 1.29 is 4.79 Å². The largest absolute Gasteiger partial charge is 0.309 e. The van der Waals surface area contributed by atoms with E-state index in [0.29, 0.717) is 24.4 Å². The summed E-state index contributed by atoms with van der Waals surface area (Å²) in [4.78, 5) is 16.6. The number of amides is 1. The molecule has 2 saturated heterocycles. The molecule has 0 aromatic carbocycles. The quantitative estimate of drug-likeness (QED) is 0.673. The molecule has 3 aliphatic rings. The number of fused-ring (bicyclic) bond motifs is 1. The maximum atomic E-state index is 12.5. The van der Waals surface area contributed by atoms with Crippen molar-refractivity contribution in [2.45, 2.75) is 25.3 Å². The van der Waals surface area contributed by atoms with Gasteiger partial charge in [0.15, 0.2) is 0 Å². The van der Waals surface area contributed by atoms with Crippen molar-refractivity contribution in [1.29, 1.82) is 5.26 Å². The minimum Gasteiger partial charge on any atom is -0.309 e. The third kappa shape index (κ3) is 2.52. The van der Waals surface area contributed by atoms with E-state index in [1.165, 1.54) is 25.9 Å². The van der Waals surface area contributed by atoms with Gasteiger partial charge in [0.25, 0.3) is 0 Å². The first kappa shape index (κ1) is 17.7. The van der Waals surface area contributed by atoms with E-state index in [4.69, 9.17) is 0 Å². The predicted octanol–water partition coefficient (Wildman–Crippen LogP) is 2.34. The molecule has 6 rings (SSSR count). The third-order valence-corrected chi connectivity index (χ3v) is 7.00. The van der Waals surface area contributed by atoms with E-state index in [9.17, 15) is 10.1 Å². The summed E-state index contributed by atoms with van der Waals surface area (Å²) in [5.41, 5.74) is 4.29. The molecular weight excluding hydrogens is 378 g/mol. The second-order valence-corrected chi connectivity index (χ2v) is 9.18. The molecule has 8 nitrogen and oxygen atoms in total. The molecular formula is C22H23N7O. The molecule has 0 N–H and O–H groups in total. The van der Waals surface area contributed by atoms with E-state index in [1.54, 1.807) is 15.6 Å². The molecule has 3 aromatic heterocycles. The number of hydrogen-bond acceptors (Lipinski definition) is 5. The summed E-state index contributed by atoms with van der Waals surface area (Å²) in [6, 6.07) is 6.50. The lowest BCUT2D eigenvalue weighted by atomic mass is 9.61. The maximum absolute atomic E-state index is 12.5. The minimum absolute atomic E-state index is 0.123. The number of carbonyl (C=O) groups is 1. The minimum atomic E-state index is -0.549. The molecule has 1 unspecified atom stereocenters. The summed E-state index contributed by atoms with van der Waals surface area (Å²) in [6.07, 6.45) is 10.7. The van der Waals surface area contributed by atoms with E-state index in [0.717, 1.165) is 22.3 Å². The first-order valence-corrected chi connectivity index (χ1v) is 10.5. The molecule has 1 aliphatic carbocycles. The Kier molecular flexibility index (Phi) is 3.63. The zero-order chi connectivity index (χ0) is 20.5. The van der Waals surface area contributed by atoms with E-state index in [-0.39, 0.29) is 5.91 Å². The van der Waals surface area contributed by atoms with Gasteiger partial charge in [0, 0.05) is 49.4 Å². The highest BCUT2D eigenvalue weighted by Gasteiger charge is 2.51. The number of nitrogens with zero attached hydrogens (tertiary/aromatic N) is 7. The number of likely N-dealkylation sites (tertiary alicyclic amines) is 1. The van der Waals surface area contributed by atoms with Crippen LogP contribution in [0.4, 0.5) is 5.69 Å². The van der Waals surface area contributed by atoms with Crippen LogP contribution >= 0.6 is 0 Å². The number of anilines is 1. The van der Waals surface area contributed by atoms with Crippen LogP contribution in [0.15, 0.2) is 36.9 Å². The summed E-state index contributed by atoms with van der Waals surface area (Å²) in [5, 5.41) is 18.2. The molecule has 0 bridgehead atoms. The second kappa shape index (κ2) is 6.16. The van der Waals surface area contributed by atoms with Gasteiger partial charge in [-0.05, 0) is 43.9 Å². The Morgan fingerprint density at radius 1 is 1.20 bits per heavy atom. The molecule has 1 saturated carbocycles. The van der Waals surface area contributed by atoms with Crippen molar-refractivity contribution in [3.63, 3.8) is 0 Å². The van der Waals surface area contributed by atoms with Gasteiger partial charge in [-0.15, -0.1) is 0 Å². The fourth-order valence-corrected chi connectivity index (χ4v) is 5.60. The highest BCUT2D eigenvalue weighted by atomic mass is 16.2. The average molecular weight is 401 g/mol. The van der Waals surface area contributed by atoms with Crippen molar-refractivity contribution in [1.82, 2.24) is 24.3 Å². The molecule has 8 heteroatoms. The van der Waals surface area contributed by atoms with Gasteiger partial charge in [-0.25, -0.2) is 4.52 Å². The van der Waals surface area contributed by atoms with Crippen LogP contribution in [0.25, 0.3) is 16.6 Å². The van der Waals surface area contributed by atoms with Gasteiger partial charge < -0.3 is 9.80 Å². The number of hydrogen-bond donors (Lipinski definition) is 0. The van der Waals surface area contributed by atoms with Crippen molar-refractivity contribution >= 4 is 17.1 Å². The van der Waals surface area contributed by atoms with E-state index >= 15 is 0 Å². The SMILES string of the molecule is CN1CC2(CC(n3cc(-c4cc5c(N6CCC(C#N)C6=O)ccnn5c4)cn3)C2)C1. The highest BCUT2D eigenvalue weighted by molar-refractivity contribution is 6.02. The summed E-state index contributed by atoms with van der Waals surface area (Å²) in [6.45, 7) is 2.98. The normalized spacial score (nSPS) is 23.7. The number of nitriles is 1. The van der Waals surface area contributed by atoms with Crippen molar-refractivity contribution in [3.05, 3.63) is 36.9 Å². The molecule has 152 valence electrons. The zero-order valence-corrected chi connectivity index (χ0v) is 16.9. The topological polar surface area (TPSA) is 82.5 Å². The Bertz CT molecular complexity index is 1190. The van der Waals surface area contributed by atoms with Crippen molar-refractivity contribution in [3.8, 4) is 17.2 Å². The molecule has 30 heavy (non-hydrogen) atoms. The lowest BCUT2D eigenvalue weighted by Crippen LogP contribution is -2.60. The molecule has 3 fully saturated rings. The Morgan fingerprint density at radius 3 is 2.77 bits per heavy atom. The van der Waals surface area contributed by atoms with E-state index < -0.39 is 5.92 Å². The lowest BCUT2D eigenvalue weighted by molar-refractivity contribution is -0.118. The average Bonchev–Trinajstić information content (AvgIpc) is 3.40. The van der Waals surface area contributed by atoms with Crippen LogP contribution in [0.1, 0.15) is 25.3 Å². The van der Waals surface area contributed by atoms with Gasteiger partial charge in [0.1, 0.15) is 5.92 Å². The fourth-order valence-electron chi connectivity index (χ4n) is 5.60. The van der Waals surface area contributed by atoms with Crippen molar-refractivity contribution in [2.24, 2.45) is 11.3 Å².